The van der Waals surface area contributed by atoms with Gasteiger partial charge in [0.1, 0.15) is 18.1 Å². The van der Waals surface area contributed by atoms with Gasteiger partial charge in [0.25, 0.3) is 17.6 Å². The maximum atomic E-state index is 14.0. The summed E-state index contributed by atoms with van der Waals surface area (Å²) in [5.74, 6) is -1.96. The molecule has 9 nitrogen and oxygen atoms in total. The molecule has 3 aliphatic heterocycles. The first-order valence-corrected chi connectivity index (χ1v) is 12.7. The Morgan fingerprint density at radius 3 is 2.50 bits per heavy atom. The molecule has 198 valence electrons. The average Bonchev–Trinajstić information content (AvgIpc) is 3.31. The number of aliphatic hydroxyl groups excluding tert-OH is 1. The van der Waals surface area contributed by atoms with E-state index >= 15 is 0 Å². The third-order valence-corrected chi connectivity index (χ3v) is 7.39. The van der Waals surface area contributed by atoms with Crippen molar-refractivity contribution in [3.05, 3.63) is 77.9 Å². The standard InChI is InChI=1S/C29H31N3O6/c1-3-17-38-21-11-9-20(10-12-21)25(33)24-26(34)27(35)32(14-6-13-31-15-18-37-19-16-31)29(24)22-7-4-5-8-23(22)30(2)28(29)36/h3-5,7-12,33H,1,6,13-19H2,2H3/t29-/m1/s1. The molecule has 3 heterocycles. The van der Waals surface area contributed by atoms with Crippen LogP contribution in [-0.4, -0.2) is 85.6 Å². The fraction of sp³-hybridized carbons (Fsp3) is 0.345. The van der Waals surface area contributed by atoms with Crippen molar-refractivity contribution in [2.24, 2.45) is 0 Å². The first kappa shape index (κ1) is 25.7. The van der Waals surface area contributed by atoms with Crippen LogP contribution in [0.1, 0.15) is 17.5 Å². The molecular formula is C29H31N3O6. The number of anilines is 1. The molecule has 1 atom stereocenters. The molecule has 38 heavy (non-hydrogen) atoms. The van der Waals surface area contributed by atoms with Crippen LogP contribution in [0.3, 0.4) is 0 Å². The second kappa shape index (κ2) is 10.4. The van der Waals surface area contributed by atoms with Gasteiger partial charge in [0.05, 0.1) is 18.8 Å². The number of ketones is 1. The highest BCUT2D eigenvalue weighted by Gasteiger charge is 2.66. The molecule has 2 saturated heterocycles. The minimum atomic E-state index is -1.74. The molecule has 2 fully saturated rings. The predicted molar refractivity (Wildman–Crippen MR) is 142 cm³/mol. The number of likely N-dealkylation sites (tertiary alicyclic amines) is 1. The minimum Gasteiger partial charge on any atom is -0.507 e. The largest absolute Gasteiger partial charge is 0.507 e. The van der Waals surface area contributed by atoms with Gasteiger partial charge in [0, 0.05) is 50.0 Å². The van der Waals surface area contributed by atoms with Crippen molar-refractivity contribution in [3.8, 4) is 5.75 Å². The molecule has 1 spiro atoms. The number of rotatable bonds is 8. The van der Waals surface area contributed by atoms with Crippen LogP contribution in [0.5, 0.6) is 5.75 Å². The van der Waals surface area contributed by atoms with Crippen molar-refractivity contribution in [3.63, 3.8) is 0 Å². The molecule has 9 heteroatoms. The number of carbonyl (C=O) groups is 3. The quantitative estimate of drug-likeness (QED) is 0.249. The number of nitrogens with zero attached hydrogens (tertiary/aromatic N) is 3. The summed E-state index contributed by atoms with van der Waals surface area (Å²) >= 11 is 0. The number of ether oxygens (including phenoxy) is 2. The van der Waals surface area contributed by atoms with E-state index in [9.17, 15) is 19.5 Å². The minimum absolute atomic E-state index is 0.182. The molecule has 0 aromatic heterocycles. The smallest absolute Gasteiger partial charge is 0.296 e. The van der Waals surface area contributed by atoms with E-state index in [1.807, 2.05) is 0 Å². The fourth-order valence-corrected chi connectivity index (χ4v) is 5.56. The predicted octanol–water partition coefficient (Wildman–Crippen LogP) is 2.53. The van der Waals surface area contributed by atoms with Crippen molar-refractivity contribution in [1.29, 1.82) is 0 Å². The number of hydrogen-bond acceptors (Lipinski definition) is 7. The van der Waals surface area contributed by atoms with E-state index in [2.05, 4.69) is 11.5 Å². The van der Waals surface area contributed by atoms with Crippen LogP contribution < -0.4 is 9.64 Å². The van der Waals surface area contributed by atoms with E-state index < -0.39 is 28.9 Å². The number of Topliss-reactive ketones (excluding diaryl/α,β-unsaturated/α-hetero) is 1. The molecule has 2 aromatic rings. The number of likely N-dealkylation sites (N-methyl/N-ethyl adjacent to an activating group) is 1. The highest BCUT2D eigenvalue weighted by molar-refractivity contribution is 6.50. The number of aliphatic hydroxyl groups is 1. The first-order chi connectivity index (χ1) is 18.4. The summed E-state index contributed by atoms with van der Waals surface area (Å²) in [5, 5.41) is 11.5. The zero-order valence-electron chi connectivity index (χ0n) is 21.4. The molecule has 1 N–H and O–H groups in total. The van der Waals surface area contributed by atoms with Gasteiger partial charge in [-0.15, -0.1) is 0 Å². The topological polar surface area (TPSA) is 99.6 Å². The molecule has 5 rings (SSSR count). The maximum Gasteiger partial charge on any atom is 0.296 e. The van der Waals surface area contributed by atoms with Gasteiger partial charge in [-0.05, 0) is 36.8 Å². The Labute approximate surface area is 221 Å². The van der Waals surface area contributed by atoms with Crippen LogP contribution in [0, 0.1) is 0 Å². The Hall–Kier alpha value is -3.95. The van der Waals surface area contributed by atoms with Crippen LogP contribution in [0.15, 0.2) is 66.8 Å². The Balaban J connectivity index is 1.58. The number of amides is 2. The maximum absolute atomic E-state index is 14.0. The summed E-state index contributed by atoms with van der Waals surface area (Å²) in [7, 11) is 1.62. The summed E-state index contributed by atoms with van der Waals surface area (Å²) in [4.78, 5) is 46.2. The van der Waals surface area contributed by atoms with Gasteiger partial charge in [-0.2, -0.15) is 0 Å². The summed E-state index contributed by atoms with van der Waals surface area (Å²) in [6.07, 6.45) is 2.18. The lowest BCUT2D eigenvalue weighted by Crippen LogP contribution is -2.52. The van der Waals surface area contributed by atoms with E-state index in [0.29, 0.717) is 55.4 Å². The van der Waals surface area contributed by atoms with Gasteiger partial charge in [0.2, 0.25) is 0 Å². The van der Waals surface area contributed by atoms with E-state index in [1.54, 1.807) is 61.7 Å². The summed E-state index contributed by atoms with van der Waals surface area (Å²) in [6.45, 7) is 7.71. The lowest BCUT2D eigenvalue weighted by atomic mass is 9.82. The molecule has 0 unspecified atom stereocenters. The third-order valence-electron chi connectivity index (χ3n) is 7.39. The lowest BCUT2D eigenvalue weighted by molar-refractivity contribution is -0.143. The van der Waals surface area contributed by atoms with Gasteiger partial charge < -0.3 is 24.4 Å². The van der Waals surface area contributed by atoms with E-state index in [0.717, 1.165) is 13.1 Å². The molecule has 2 amide bonds. The lowest BCUT2D eigenvalue weighted by Gasteiger charge is -2.35. The number of para-hydroxylation sites is 1. The molecular weight excluding hydrogens is 486 g/mol. The van der Waals surface area contributed by atoms with E-state index in [1.165, 1.54) is 9.80 Å². The molecule has 2 aromatic carbocycles. The monoisotopic (exact) mass is 517 g/mol. The Morgan fingerprint density at radius 1 is 1.08 bits per heavy atom. The Kier molecular flexibility index (Phi) is 7.05. The molecule has 0 radical (unpaired) electrons. The average molecular weight is 518 g/mol. The van der Waals surface area contributed by atoms with Crippen molar-refractivity contribution in [2.45, 2.75) is 12.0 Å². The second-order valence-electron chi connectivity index (χ2n) is 9.53. The highest BCUT2D eigenvalue weighted by Crippen LogP contribution is 2.53. The number of carbonyl (C=O) groups excluding carboxylic acids is 3. The van der Waals surface area contributed by atoms with E-state index in [-0.39, 0.29) is 12.1 Å². The molecule has 3 aliphatic rings. The normalized spacial score (nSPS) is 22.8. The van der Waals surface area contributed by atoms with Crippen LogP contribution in [0.25, 0.3) is 5.76 Å². The zero-order chi connectivity index (χ0) is 26.9. The van der Waals surface area contributed by atoms with E-state index in [4.69, 9.17) is 9.47 Å². The van der Waals surface area contributed by atoms with Crippen LogP contribution in [0.4, 0.5) is 5.69 Å². The number of fused-ring (bicyclic) bond motifs is 2. The van der Waals surface area contributed by atoms with Crippen LogP contribution in [-0.2, 0) is 24.7 Å². The molecule has 0 aliphatic carbocycles. The van der Waals surface area contributed by atoms with Gasteiger partial charge in [-0.3, -0.25) is 19.3 Å². The van der Waals surface area contributed by atoms with Crippen LogP contribution in [0.2, 0.25) is 0 Å². The summed E-state index contributed by atoms with van der Waals surface area (Å²) in [5.41, 5.74) is -0.550. The van der Waals surface area contributed by atoms with Crippen molar-refractivity contribution in [2.75, 3.05) is 57.9 Å². The zero-order valence-corrected chi connectivity index (χ0v) is 21.4. The van der Waals surface area contributed by atoms with Gasteiger partial charge in [-0.1, -0.05) is 30.9 Å². The fourth-order valence-electron chi connectivity index (χ4n) is 5.56. The third kappa shape index (κ3) is 4.08. The van der Waals surface area contributed by atoms with Crippen molar-refractivity contribution >= 4 is 29.0 Å². The summed E-state index contributed by atoms with van der Waals surface area (Å²) in [6, 6.07) is 13.6. The van der Waals surface area contributed by atoms with Crippen LogP contribution >= 0.6 is 0 Å². The molecule has 0 bridgehead atoms. The SMILES string of the molecule is C=CCOc1ccc(C(O)=C2C(=O)C(=O)N(CCCN3CCOCC3)[C@@]23C(=O)N(C)c2ccccc23)cc1. The van der Waals surface area contributed by atoms with Crippen molar-refractivity contribution in [1.82, 2.24) is 9.80 Å². The van der Waals surface area contributed by atoms with Crippen molar-refractivity contribution < 1.29 is 29.0 Å². The summed E-state index contributed by atoms with van der Waals surface area (Å²) < 4.78 is 10.9. The number of benzene rings is 2. The second-order valence-corrected chi connectivity index (χ2v) is 9.53. The molecule has 0 saturated carbocycles. The highest BCUT2D eigenvalue weighted by atomic mass is 16.5. The Morgan fingerprint density at radius 2 is 1.79 bits per heavy atom. The number of morpholine rings is 1. The number of hydrogen-bond donors (Lipinski definition) is 1. The van der Waals surface area contributed by atoms with Gasteiger partial charge in [0.15, 0.2) is 5.54 Å². The van der Waals surface area contributed by atoms with Gasteiger partial charge in [-0.25, -0.2) is 0 Å². The Bertz CT molecular complexity index is 1300. The first-order valence-electron chi connectivity index (χ1n) is 12.7. The van der Waals surface area contributed by atoms with Gasteiger partial charge >= 0.3 is 0 Å².